The Hall–Kier alpha value is 0.140. The molecule has 108 valence electrons. The molecule has 0 saturated heterocycles. The van der Waals surface area contributed by atoms with Crippen molar-refractivity contribution in [2.24, 2.45) is 17.1 Å². The molecule has 1 heterocycles. The van der Waals surface area contributed by atoms with Crippen LogP contribution in [0.4, 0.5) is 0 Å². The van der Waals surface area contributed by atoms with Gasteiger partial charge in [-0.2, -0.15) is 0 Å². The van der Waals surface area contributed by atoms with Crippen molar-refractivity contribution < 1.29 is 0 Å². The summed E-state index contributed by atoms with van der Waals surface area (Å²) >= 11 is 5.45. The Balaban J connectivity index is 1.97. The molecule has 0 atom stereocenters. The summed E-state index contributed by atoms with van der Waals surface area (Å²) in [5.41, 5.74) is 7.15. The van der Waals surface area contributed by atoms with Gasteiger partial charge in [-0.15, -0.1) is 11.3 Å². The average molecular weight is 344 g/mol. The third kappa shape index (κ3) is 3.62. The second-order valence-electron chi connectivity index (χ2n) is 6.85. The standard InChI is InChI=1S/C16H26BrNS/c1-4-15(2,3)12-5-8-16(18,9-6-12)11-14-13(17)7-10-19-14/h7,10,12H,4-6,8-9,11,18H2,1-3H3. The van der Waals surface area contributed by atoms with Gasteiger partial charge in [0.15, 0.2) is 0 Å². The lowest BCUT2D eigenvalue weighted by atomic mass is 9.65. The summed E-state index contributed by atoms with van der Waals surface area (Å²) < 4.78 is 1.23. The van der Waals surface area contributed by atoms with Gasteiger partial charge in [0.2, 0.25) is 0 Å². The lowest BCUT2D eigenvalue weighted by Crippen LogP contribution is -2.46. The van der Waals surface area contributed by atoms with E-state index < -0.39 is 0 Å². The molecule has 1 fully saturated rings. The van der Waals surface area contributed by atoms with Crippen LogP contribution in [0.2, 0.25) is 0 Å². The molecule has 3 heteroatoms. The predicted octanol–water partition coefficient (Wildman–Crippen LogP) is 5.38. The SMILES string of the molecule is CCC(C)(C)C1CCC(N)(Cc2sccc2Br)CC1. The first-order valence-corrected chi connectivity index (χ1v) is 9.04. The van der Waals surface area contributed by atoms with Gasteiger partial charge in [0.05, 0.1) is 0 Å². The summed E-state index contributed by atoms with van der Waals surface area (Å²) in [5.74, 6) is 0.848. The molecule has 19 heavy (non-hydrogen) atoms. The fraction of sp³-hybridized carbons (Fsp3) is 0.750. The van der Waals surface area contributed by atoms with Crippen molar-refractivity contribution >= 4 is 27.3 Å². The van der Waals surface area contributed by atoms with E-state index in [0.29, 0.717) is 5.41 Å². The first-order valence-electron chi connectivity index (χ1n) is 7.37. The van der Waals surface area contributed by atoms with E-state index in [-0.39, 0.29) is 5.54 Å². The van der Waals surface area contributed by atoms with Crippen LogP contribution in [-0.2, 0) is 6.42 Å². The molecule has 0 radical (unpaired) electrons. The molecule has 0 amide bonds. The van der Waals surface area contributed by atoms with Crippen LogP contribution >= 0.6 is 27.3 Å². The van der Waals surface area contributed by atoms with E-state index in [1.54, 1.807) is 0 Å². The fourth-order valence-corrected chi connectivity index (χ4v) is 4.86. The van der Waals surface area contributed by atoms with E-state index in [0.717, 1.165) is 12.3 Å². The summed E-state index contributed by atoms with van der Waals surface area (Å²) in [6.45, 7) is 7.14. The van der Waals surface area contributed by atoms with Gasteiger partial charge in [-0.25, -0.2) is 0 Å². The molecular formula is C16H26BrNS. The van der Waals surface area contributed by atoms with Crippen molar-refractivity contribution in [1.29, 1.82) is 0 Å². The molecule has 1 saturated carbocycles. The average Bonchev–Trinajstić information content (AvgIpc) is 2.75. The van der Waals surface area contributed by atoms with Crippen LogP contribution in [0.25, 0.3) is 0 Å². The number of halogens is 1. The van der Waals surface area contributed by atoms with Crippen molar-refractivity contribution in [2.45, 2.75) is 64.8 Å². The highest BCUT2D eigenvalue weighted by Gasteiger charge is 2.37. The second kappa shape index (κ2) is 5.87. The van der Waals surface area contributed by atoms with Crippen molar-refractivity contribution in [3.05, 3.63) is 20.8 Å². The monoisotopic (exact) mass is 343 g/mol. The van der Waals surface area contributed by atoms with Gasteiger partial charge in [0, 0.05) is 21.3 Å². The molecule has 2 N–H and O–H groups in total. The number of thiophene rings is 1. The van der Waals surface area contributed by atoms with Crippen LogP contribution in [0.5, 0.6) is 0 Å². The van der Waals surface area contributed by atoms with E-state index in [1.165, 1.54) is 41.5 Å². The van der Waals surface area contributed by atoms with Crippen LogP contribution in [0, 0.1) is 11.3 Å². The third-order valence-electron chi connectivity index (χ3n) is 5.20. The largest absolute Gasteiger partial charge is 0.325 e. The van der Waals surface area contributed by atoms with Gasteiger partial charge in [-0.1, -0.05) is 27.2 Å². The minimum absolute atomic E-state index is 0.0215. The van der Waals surface area contributed by atoms with E-state index in [1.807, 2.05) is 11.3 Å². The van der Waals surface area contributed by atoms with Gasteiger partial charge in [0.1, 0.15) is 0 Å². The Labute approximate surface area is 130 Å². The van der Waals surface area contributed by atoms with Crippen LogP contribution < -0.4 is 5.73 Å². The highest BCUT2D eigenvalue weighted by Crippen LogP contribution is 2.44. The first kappa shape index (κ1) is 15.5. The molecule has 2 rings (SSSR count). The number of hydrogen-bond donors (Lipinski definition) is 1. The summed E-state index contributed by atoms with van der Waals surface area (Å²) in [7, 11) is 0. The zero-order chi connectivity index (χ0) is 14.1. The zero-order valence-corrected chi connectivity index (χ0v) is 14.7. The van der Waals surface area contributed by atoms with Crippen LogP contribution in [0.1, 0.15) is 57.8 Å². The van der Waals surface area contributed by atoms with Gasteiger partial charge < -0.3 is 5.73 Å². The van der Waals surface area contributed by atoms with Gasteiger partial charge in [0.25, 0.3) is 0 Å². The van der Waals surface area contributed by atoms with Crippen molar-refractivity contribution in [3.63, 3.8) is 0 Å². The highest BCUT2D eigenvalue weighted by atomic mass is 79.9. The Kier molecular flexibility index (Phi) is 4.79. The normalized spacial score (nSPS) is 28.6. The van der Waals surface area contributed by atoms with E-state index >= 15 is 0 Å². The highest BCUT2D eigenvalue weighted by molar-refractivity contribution is 9.10. The van der Waals surface area contributed by atoms with Gasteiger partial charge >= 0.3 is 0 Å². The Morgan fingerprint density at radius 2 is 2.05 bits per heavy atom. The molecule has 1 nitrogen and oxygen atoms in total. The molecule has 0 spiro atoms. The van der Waals surface area contributed by atoms with Crippen molar-refractivity contribution in [3.8, 4) is 0 Å². The van der Waals surface area contributed by atoms with Crippen molar-refractivity contribution in [1.82, 2.24) is 0 Å². The molecule has 0 unspecified atom stereocenters. The minimum atomic E-state index is 0.0215. The van der Waals surface area contributed by atoms with Crippen LogP contribution in [0.3, 0.4) is 0 Å². The van der Waals surface area contributed by atoms with E-state index in [9.17, 15) is 0 Å². The number of nitrogens with two attached hydrogens (primary N) is 1. The summed E-state index contributed by atoms with van der Waals surface area (Å²) in [4.78, 5) is 1.41. The van der Waals surface area contributed by atoms with E-state index in [2.05, 4.69) is 48.1 Å². The molecule has 0 bridgehead atoms. The second-order valence-corrected chi connectivity index (χ2v) is 8.70. The number of hydrogen-bond acceptors (Lipinski definition) is 2. The predicted molar refractivity (Wildman–Crippen MR) is 88.7 cm³/mol. The maximum absolute atomic E-state index is 6.65. The van der Waals surface area contributed by atoms with Gasteiger partial charge in [-0.3, -0.25) is 0 Å². The molecule has 1 aliphatic carbocycles. The summed E-state index contributed by atoms with van der Waals surface area (Å²) in [6, 6.07) is 2.13. The topological polar surface area (TPSA) is 26.0 Å². The van der Waals surface area contributed by atoms with Crippen LogP contribution in [0.15, 0.2) is 15.9 Å². The molecule has 1 aliphatic rings. The van der Waals surface area contributed by atoms with Gasteiger partial charge in [-0.05, 0) is 64.4 Å². The fourth-order valence-electron chi connectivity index (χ4n) is 3.21. The van der Waals surface area contributed by atoms with Crippen LogP contribution in [-0.4, -0.2) is 5.54 Å². The summed E-state index contributed by atoms with van der Waals surface area (Å²) in [5, 5.41) is 2.15. The molecule has 0 aromatic carbocycles. The summed E-state index contributed by atoms with van der Waals surface area (Å²) in [6.07, 6.45) is 7.23. The quantitative estimate of drug-likeness (QED) is 0.780. The molecular weight excluding hydrogens is 318 g/mol. The zero-order valence-electron chi connectivity index (χ0n) is 12.3. The minimum Gasteiger partial charge on any atom is -0.325 e. The maximum Gasteiger partial charge on any atom is 0.0315 e. The number of rotatable bonds is 4. The molecule has 0 aliphatic heterocycles. The lowest BCUT2D eigenvalue weighted by Gasteiger charge is -2.43. The third-order valence-corrected chi connectivity index (χ3v) is 7.13. The Morgan fingerprint density at radius 3 is 2.53 bits per heavy atom. The maximum atomic E-state index is 6.65. The Bertz CT molecular complexity index is 416. The Morgan fingerprint density at radius 1 is 1.42 bits per heavy atom. The lowest BCUT2D eigenvalue weighted by molar-refractivity contribution is 0.115. The molecule has 1 aromatic heterocycles. The van der Waals surface area contributed by atoms with E-state index in [4.69, 9.17) is 5.73 Å². The van der Waals surface area contributed by atoms with Crippen molar-refractivity contribution in [2.75, 3.05) is 0 Å². The molecule has 1 aromatic rings. The first-order chi connectivity index (χ1) is 8.86. The smallest absolute Gasteiger partial charge is 0.0315 e.